The molecular weight excluding hydrogens is 478 g/mol. The largest absolute Gasteiger partial charge is 0.481 e. The third-order valence-electron chi connectivity index (χ3n) is 6.42. The van der Waals surface area contributed by atoms with Gasteiger partial charge >= 0.3 is 5.97 Å². The molecule has 0 radical (unpaired) electrons. The van der Waals surface area contributed by atoms with E-state index in [0.717, 1.165) is 27.8 Å². The van der Waals surface area contributed by atoms with Crippen LogP contribution >= 0.6 is 0 Å². The monoisotopic (exact) mass is 515 g/mol. The lowest BCUT2D eigenvalue weighted by Crippen LogP contribution is -2.32. The van der Waals surface area contributed by atoms with Crippen LogP contribution in [-0.2, 0) is 27.5 Å². The fourth-order valence-electron chi connectivity index (χ4n) is 4.33. The van der Waals surface area contributed by atoms with Crippen LogP contribution in [0.1, 0.15) is 48.1 Å². The van der Waals surface area contributed by atoms with E-state index in [1.807, 2.05) is 54.6 Å². The highest BCUT2D eigenvalue weighted by atomic mass is 16.6. The van der Waals surface area contributed by atoms with Gasteiger partial charge in [-0.15, -0.1) is 0 Å². The van der Waals surface area contributed by atoms with Crippen molar-refractivity contribution in [3.63, 3.8) is 0 Å². The van der Waals surface area contributed by atoms with E-state index in [-0.39, 0.29) is 18.4 Å². The molecule has 0 atom stereocenters. The molecule has 3 rings (SSSR count). The molecule has 0 aliphatic carbocycles. The van der Waals surface area contributed by atoms with E-state index in [4.69, 9.17) is 20.6 Å². The Bertz CT molecular complexity index is 1300. The molecule has 0 unspecified atom stereocenters. The van der Waals surface area contributed by atoms with Crippen molar-refractivity contribution in [3.8, 4) is 11.1 Å². The van der Waals surface area contributed by atoms with Crippen molar-refractivity contribution >= 4 is 17.6 Å². The van der Waals surface area contributed by atoms with E-state index in [9.17, 15) is 4.79 Å². The highest BCUT2D eigenvalue weighted by Gasteiger charge is 2.15. The lowest BCUT2D eigenvalue weighted by molar-refractivity contribution is -0.137. The number of nitrogens with zero attached hydrogens (tertiary/aromatic N) is 2. The Morgan fingerprint density at radius 3 is 2.47 bits per heavy atom. The fraction of sp³-hybridized carbons (Fsp3) is 0.290. The average Bonchev–Trinajstić information content (AvgIpc) is 2.90. The van der Waals surface area contributed by atoms with Crippen LogP contribution in [0.5, 0.6) is 0 Å². The lowest BCUT2D eigenvalue weighted by Gasteiger charge is -2.26. The SMILES string of the molecule is C=C(/N=C(\ON)c1ccc(-c2ccccc2C)c(COC)c1)c1cccc(CN(CCC(=O)O)C(C)C)c1. The fourth-order valence-corrected chi connectivity index (χ4v) is 4.33. The van der Waals surface area contributed by atoms with Crippen molar-refractivity contribution in [2.45, 2.75) is 46.4 Å². The number of rotatable bonds is 12. The first-order valence-corrected chi connectivity index (χ1v) is 12.6. The molecule has 0 heterocycles. The van der Waals surface area contributed by atoms with Crippen LogP contribution < -0.4 is 5.90 Å². The topological polar surface area (TPSA) is 97.4 Å². The zero-order valence-electron chi connectivity index (χ0n) is 22.6. The molecule has 38 heavy (non-hydrogen) atoms. The molecule has 3 aromatic carbocycles. The van der Waals surface area contributed by atoms with E-state index in [1.165, 1.54) is 5.56 Å². The smallest absolute Gasteiger partial charge is 0.304 e. The number of aryl methyl sites for hydroxylation is 1. The van der Waals surface area contributed by atoms with Gasteiger partial charge in [-0.3, -0.25) is 9.69 Å². The molecule has 0 saturated heterocycles. The van der Waals surface area contributed by atoms with Gasteiger partial charge in [0, 0.05) is 31.8 Å². The summed E-state index contributed by atoms with van der Waals surface area (Å²) in [7, 11) is 1.67. The van der Waals surface area contributed by atoms with Gasteiger partial charge in [0.25, 0.3) is 0 Å². The van der Waals surface area contributed by atoms with Gasteiger partial charge in [0.1, 0.15) is 0 Å². The first-order valence-electron chi connectivity index (χ1n) is 12.6. The molecule has 0 aliphatic rings. The van der Waals surface area contributed by atoms with Crippen molar-refractivity contribution in [1.29, 1.82) is 0 Å². The van der Waals surface area contributed by atoms with Gasteiger partial charge in [0.2, 0.25) is 5.90 Å². The van der Waals surface area contributed by atoms with Gasteiger partial charge in [-0.25, -0.2) is 4.99 Å². The maximum absolute atomic E-state index is 11.1. The standard InChI is InChI=1S/C31H37N3O4/c1-21(2)34(16-15-30(35)36)19-24-10-8-11-25(17-24)23(4)33-31(38-32)26-13-14-29(27(18-26)20-37-5)28-12-7-6-9-22(28)3/h6-14,17-18,21H,4,15-16,19-20,32H2,1-3,5H3,(H,35,36)/b33-31-. The molecule has 200 valence electrons. The Balaban J connectivity index is 1.88. The quantitative estimate of drug-likeness (QED) is 0.180. The van der Waals surface area contributed by atoms with Crippen molar-refractivity contribution in [1.82, 2.24) is 4.90 Å². The molecule has 3 N–H and O–H groups in total. The van der Waals surface area contributed by atoms with Gasteiger partial charge in [-0.05, 0) is 72.4 Å². The number of ether oxygens (including phenoxy) is 1. The Morgan fingerprint density at radius 1 is 1.05 bits per heavy atom. The van der Waals surface area contributed by atoms with E-state index in [1.54, 1.807) is 7.11 Å². The predicted molar refractivity (Wildman–Crippen MR) is 152 cm³/mol. The molecule has 0 fully saturated rings. The molecule has 3 aromatic rings. The first kappa shape index (κ1) is 28.8. The summed E-state index contributed by atoms with van der Waals surface area (Å²) < 4.78 is 5.47. The number of benzene rings is 3. The Kier molecular flexibility index (Phi) is 10.4. The molecule has 7 heteroatoms. The summed E-state index contributed by atoms with van der Waals surface area (Å²) >= 11 is 0. The second-order valence-electron chi connectivity index (χ2n) is 9.51. The summed E-state index contributed by atoms with van der Waals surface area (Å²) in [6, 6.07) is 22.3. The minimum Gasteiger partial charge on any atom is -0.481 e. The minimum absolute atomic E-state index is 0.0970. The van der Waals surface area contributed by atoms with E-state index >= 15 is 0 Å². The third-order valence-corrected chi connectivity index (χ3v) is 6.42. The van der Waals surface area contributed by atoms with E-state index < -0.39 is 5.97 Å². The summed E-state index contributed by atoms with van der Waals surface area (Å²) in [5.74, 6) is 5.10. The van der Waals surface area contributed by atoms with Crippen LogP contribution in [0.4, 0.5) is 0 Å². The van der Waals surface area contributed by atoms with Crippen LogP contribution in [-0.4, -0.2) is 41.6 Å². The number of carboxylic acids is 1. The molecular formula is C31H37N3O4. The first-order chi connectivity index (χ1) is 18.2. The lowest BCUT2D eigenvalue weighted by atomic mass is 9.94. The highest BCUT2D eigenvalue weighted by molar-refractivity contribution is 5.98. The van der Waals surface area contributed by atoms with Crippen LogP contribution in [0.25, 0.3) is 16.8 Å². The van der Waals surface area contributed by atoms with Gasteiger partial charge in [0.15, 0.2) is 0 Å². The number of hydrogen-bond acceptors (Lipinski definition) is 6. The molecule has 0 bridgehead atoms. The van der Waals surface area contributed by atoms with Crippen molar-refractivity contribution in [3.05, 3.63) is 101 Å². The van der Waals surface area contributed by atoms with Crippen LogP contribution in [0.2, 0.25) is 0 Å². The second kappa shape index (κ2) is 13.7. The molecule has 7 nitrogen and oxygen atoms in total. The summed E-state index contributed by atoms with van der Waals surface area (Å²) in [4.78, 5) is 23.0. The average molecular weight is 516 g/mol. The predicted octanol–water partition coefficient (Wildman–Crippen LogP) is 5.80. The normalized spacial score (nSPS) is 11.7. The van der Waals surface area contributed by atoms with Crippen molar-refractivity contribution < 1.29 is 19.5 Å². The van der Waals surface area contributed by atoms with Gasteiger partial charge in [-0.2, -0.15) is 5.90 Å². The van der Waals surface area contributed by atoms with E-state index in [2.05, 4.69) is 49.4 Å². The molecule has 0 saturated carbocycles. The number of carboxylic acid groups (broad SMARTS) is 1. The Hall–Kier alpha value is -3.78. The zero-order valence-corrected chi connectivity index (χ0v) is 22.6. The molecule has 0 spiro atoms. The molecule has 0 amide bonds. The Labute approximate surface area is 225 Å². The number of carbonyl (C=O) groups is 1. The number of hydrogen-bond donors (Lipinski definition) is 2. The summed E-state index contributed by atoms with van der Waals surface area (Å²) in [5, 5.41) is 9.08. The Morgan fingerprint density at radius 2 is 1.82 bits per heavy atom. The number of aliphatic imine (C=N–C) groups is 1. The summed E-state index contributed by atoms with van der Waals surface area (Å²) in [6.07, 6.45) is 0.0970. The zero-order chi connectivity index (χ0) is 27.7. The number of nitrogens with two attached hydrogens (primary N) is 1. The van der Waals surface area contributed by atoms with Crippen LogP contribution in [0.3, 0.4) is 0 Å². The number of methoxy groups -OCH3 is 1. The summed E-state index contributed by atoms with van der Waals surface area (Å²) in [5.41, 5.74) is 7.47. The van der Waals surface area contributed by atoms with Gasteiger partial charge in [0.05, 0.1) is 18.7 Å². The van der Waals surface area contributed by atoms with Crippen LogP contribution in [0.15, 0.2) is 78.3 Å². The highest BCUT2D eigenvalue weighted by Crippen LogP contribution is 2.29. The van der Waals surface area contributed by atoms with Crippen molar-refractivity contribution in [2.24, 2.45) is 10.9 Å². The summed E-state index contributed by atoms with van der Waals surface area (Å²) in [6.45, 7) is 11.9. The molecule has 0 aromatic heterocycles. The van der Waals surface area contributed by atoms with Crippen molar-refractivity contribution in [2.75, 3.05) is 13.7 Å². The van der Waals surface area contributed by atoms with Crippen LogP contribution in [0, 0.1) is 6.92 Å². The van der Waals surface area contributed by atoms with E-state index in [0.29, 0.717) is 31.0 Å². The number of aliphatic carboxylic acids is 1. The maximum atomic E-state index is 11.1. The van der Waals surface area contributed by atoms with Gasteiger partial charge in [-0.1, -0.05) is 55.1 Å². The maximum Gasteiger partial charge on any atom is 0.304 e. The third kappa shape index (κ3) is 7.61. The second-order valence-corrected chi connectivity index (χ2v) is 9.51. The van der Waals surface area contributed by atoms with Gasteiger partial charge < -0.3 is 14.7 Å². The molecule has 0 aliphatic heterocycles. The minimum atomic E-state index is -0.804.